The van der Waals surface area contributed by atoms with E-state index >= 15 is 0 Å². The lowest BCUT2D eigenvalue weighted by Crippen LogP contribution is -2.30. The van der Waals surface area contributed by atoms with Crippen molar-refractivity contribution in [3.63, 3.8) is 0 Å². The van der Waals surface area contributed by atoms with E-state index in [2.05, 4.69) is 41.5 Å². The summed E-state index contributed by atoms with van der Waals surface area (Å²) in [5.74, 6) is 1.49. The van der Waals surface area contributed by atoms with Crippen LogP contribution >= 0.6 is 0 Å². The van der Waals surface area contributed by atoms with Gasteiger partial charge in [0.05, 0.1) is 0 Å². The van der Waals surface area contributed by atoms with Crippen LogP contribution in [0.1, 0.15) is 228 Å². The van der Waals surface area contributed by atoms with Crippen molar-refractivity contribution in [3.8, 4) is 0 Å². The molecule has 6 heteroatoms. The van der Waals surface area contributed by atoms with E-state index in [0.717, 1.165) is 75.5 Å². The van der Waals surface area contributed by atoms with Gasteiger partial charge in [0.2, 0.25) is 0 Å². The quantitative estimate of drug-likeness (QED) is 0.0363. The molecule has 0 saturated heterocycles. The molecule has 296 valence electrons. The molecule has 0 spiro atoms. The summed E-state index contributed by atoms with van der Waals surface area (Å²) in [7, 11) is 0. The van der Waals surface area contributed by atoms with Crippen LogP contribution in [0, 0.1) is 17.8 Å². The molecule has 0 heterocycles. The SMILES string of the molecule is CC(C)CCCCCCCCCCCCC(=O)OC[C@@H](COC(=O)CCCCCCCCC(C)C)OC(=O)CCCCCCCCCC(C)C. The minimum atomic E-state index is -0.761. The minimum Gasteiger partial charge on any atom is -0.462 e. The van der Waals surface area contributed by atoms with Crippen LogP contribution in [0.25, 0.3) is 0 Å². The molecule has 0 aromatic carbocycles. The van der Waals surface area contributed by atoms with Gasteiger partial charge in [-0.05, 0) is 37.0 Å². The van der Waals surface area contributed by atoms with Gasteiger partial charge in [-0.15, -0.1) is 0 Å². The van der Waals surface area contributed by atoms with Crippen LogP contribution in [-0.2, 0) is 28.6 Å². The molecule has 0 unspecified atom stereocenters. The Bertz CT molecular complexity index is 776. The van der Waals surface area contributed by atoms with E-state index in [-0.39, 0.29) is 31.1 Å². The number of hydrogen-bond acceptors (Lipinski definition) is 6. The maximum Gasteiger partial charge on any atom is 0.306 e. The molecular formula is C44H84O6. The largest absolute Gasteiger partial charge is 0.462 e. The number of ether oxygens (including phenoxy) is 3. The summed E-state index contributed by atoms with van der Waals surface area (Å²) in [5, 5.41) is 0. The first-order valence-corrected chi connectivity index (χ1v) is 21.6. The van der Waals surface area contributed by atoms with Gasteiger partial charge in [-0.2, -0.15) is 0 Å². The number of unbranched alkanes of at least 4 members (excludes halogenated alkanes) is 20. The third kappa shape index (κ3) is 37.7. The fraction of sp³-hybridized carbons (Fsp3) is 0.932. The summed E-state index contributed by atoms with van der Waals surface area (Å²) in [5.41, 5.74) is 0. The van der Waals surface area contributed by atoms with Crippen LogP contribution in [0.4, 0.5) is 0 Å². The number of carbonyl (C=O) groups excluding carboxylic acids is 3. The van der Waals surface area contributed by atoms with Gasteiger partial charge in [0.25, 0.3) is 0 Å². The average Bonchev–Trinajstić information content (AvgIpc) is 3.06. The lowest BCUT2D eigenvalue weighted by atomic mass is 10.0. The predicted octanol–water partition coefficient (Wildman–Crippen LogP) is 13.3. The van der Waals surface area contributed by atoms with Crippen molar-refractivity contribution in [2.75, 3.05) is 13.2 Å². The molecule has 0 aromatic heterocycles. The summed E-state index contributed by atoms with van der Waals surface area (Å²) in [6.07, 6.45) is 31.1. The lowest BCUT2D eigenvalue weighted by molar-refractivity contribution is -0.167. The van der Waals surface area contributed by atoms with Crippen LogP contribution in [-0.4, -0.2) is 37.2 Å². The molecule has 0 saturated carbocycles. The van der Waals surface area contributed by atoms with Gasteiger partial charge >= 0.3 is 17.9 Å². The molecule has 0 aromatic rings. The Hall–Kier alpha value is -1.59. The molecule has 0 amide bonds. The van der Waals surface area contributed by atoms with Gasteiger partial charge in [-0.1, -0.05) is 189 Å². The molecular weight excluding hydrogens is 624 g/mol. The number of carbonyl (C=O) groups is 3. The zero-order chi connectivity index (χ0) is 37.1. The molecule has 0 radical (unpaired) electrons. The van der Waals surface area contributed by atoms with Crippen molar-refractivity contribution in [3.05, 3.63) is 0 Å². The van der Waals surface area contributed by atoms with Crippen molar-refractivity contribution < 1.29 is 28.6 Å². The highest BCUT2D eigenvalue weighted by Crippen LogP contribution is 2.16. The maximum atomic E-state index is 12.6. The highest BCUT2D eigenvalue weighted by Gasteiger charge is 2.19. The topological polar surface area (TPSA) is 78.9 Å². The Morgan fingerprint density at radius 2 is 0.580 bits per heavy atom. The third-order valence-electron chi connectivity index (χ3n) is 9.65. The van der Waals surface area contributed by atoms with Crippen LogP contribution in [0.3, 0.4) is 0 Å². The highest BCUT2D eigenvalue weighted by atomic mass is 16.6. The molecule has 6 nitrogen and oxygen atoms in total. The summed E-state index contributed by atoms with van der Waals surface area (Å²) < 4.78 is 16.6. The van der Waals surface area contributed by atoms with E-state index in [4.69, 9.17) is 14.2 Å². The van der Waals surface area contributed by atoms with Gasteiger partial charge in [0, 0.05) is 19.3 Å². The number of hydrogen-bond donors (Lipinski definition) is 0. The predicted molar refractivity (Wildman–Crippen MR) is 210 cm³/mol. The summed E-state index contributed by atoms with van der Waals surface area (Å²) >= 11 is 0. The smallest absolute Gasteiger partial charge is 0.306 e. The Balaban J connectivity index is 4.33. The lowest BCUT2D eigenvalue weighted by Gasteiger charge is -2.18. The first-order chi connectivity index (χ1) is 24.1. The average molecular weight is 709 g/mol. The molecule has 0 N–H and O–H groups in total. The summed E-state index contributed by atoms with van der Waals surface area (Å²) in [6.45, 7) is 13.5. The fourth-order valence-electron chi connectivity index (χ4n) is 6.35. The molecule has 0 bridgehead atoms. The Labute approximate surface area is 310 Å². The Morgan fingerprint density at radius 3 is 0.860 bits per heavy atom. The van der Waals surface area contributed by atoms with Crippen LogP contribution < -0.4 is 0 Å². The van der Waals surface area contributed by atoms with Gasteiger partial charge < -0.3 is 14.2 Å². The fourth-order valence-corrected chi connectivity index (χ4v) is 6.35. The first kappa shape index (κ1) is 48.4. The van der Waals surface area contributed by atoms with E-state index in [1.165, 1.54) is 109 Å². The van der Waals surface area contributed by atoms with Gasteiger partial charge in [-0.25, -0.2) is 0 Å². The molecule has 0 aliphatic heterocycles. The van der Waals surface area contributed by atoms with Gasteiger partial charge in [-0.3, -0.25) is 14.4 Å². The second-order valence-corrected chi connectivity index (χ2v) is 16.4. The summed E-state index contributed by atoms with van der Waals surface area (Å²) in [6, 6.07) is 0. The van der Waals surface area contributed by atoms with E-state index < -0.39 is 6.10 Å². The van der Waals surface area contributed by atoms with Gasteiger partial charge in [0.15, 0.2) is 6.10 Å². The second-order valence-electron chi connectivity index (χ2n) is 16.4. The normalized spacial score (nSPS) is 12.2. The zero-order valence-corrected chi connectivity index (χ0v) is 34.2. The van der Waals surface area contributed by atoms with Crippen molar-refractivity contribution in [1.82, 2.24) is 0 Å². The van der Waals surface area contributed by atoms with Crippen LogP contribution in [0.2, 0.25) is 0 Å². The first-order valence-electron chi connectivity index (χ1n) is 21.6. The number of esters is 3. The molecule has 1 atom stereocenters. The molecule has 0 aliphatic carbocycles. The van der Waals surface area contributed by atoms with Crippen LogP contribution in [0.15, 0.2) is 0 Å². The van der Waals surface area contributed by atoms with Crippen molar-refractivity contribution in [2.24, 2.45) is 17.8 Å². The van der Waals surface area contributed by atoms with Crippen molar-refractivity contribution in [2.45, 2.75) is 234 Å². The summed E-state index contributed by atoms with van der Waals surface area (Å²) in [4.78, 5) is 37.6. The molecule has 0 fully saturated rings. The minimum absolute atomic E-state index is 0.0677. The van der Waals surface area contributed by atoms with Crippen molar-refractivity contribution in [1.29, 1.82) is 0 Å². The molecule has 0 aliphatic rings. The maximum absolute atomic E-state index is 12.6. The van der Waals surface area contributed by atoms with E-state index in [0.29, 0.717) is 19.3 Å². The number of rotatable bonds is 37. The Kier molecular flexibility index (Phi) is 34.7. The van der Waals surface area contributed by atoms with E-state index in [9.17, 15) is 14.4 Å². The van der Waals surface area contributed by atoms with Crippen molar-refractivity contribution >= 4 is 17.9 Å². The van der Waals surface area contributed by atoms with Gasteiger partial charge in [0.1, 0.15) is 13.2 Å². The molecule has 0 rings (SSSR count). The standard InChI is InChI=1S/C44H84O6/c1-38(2)30-24-18-12-9-7-8-10-14-21-27-33-42(45)48-36-41(37-49-43(46)34-28-22-17-16-20-26-32-40(5)6)50-44(47)35-29-23-15-11-13-19-25-31-39(3)4/h38-41H,7-37H2,1-6H3/t41-/m0/s1. The zero-order valence-electron chi connectivity index (χ0n) is 34.2. The molecule has 50 heavy (non-hydrogen) atoms. The monoisotopic (exact) mass is 709 g/mol. The Morgan fingerprint density at radius 1 is 0.340 bits per heavy atom. The highest BCUT2D eigenvalue weighted by molar-refractivity contribution is 5.71. The second kappa shape index (κ2) is 35.8. The van der Waals surface area contributed by atoms with E-state index in [1.54, 1.807) is 0 Å². The third-order valence-corrected chi connectivity index (χ3v) is 9.65. The van der Waals surface area contributed by atoms with E-state index in [1.807, 2.05) is 0 Å². The van der Waals surface area contributed by atoms with Crippen LogP contribution in [0.5, 0.6) is 0 Å².